The van der Waals surface area contributed by atoms with E-state index in [2.05, 4.69) is 17.9 Å². The van der Waals surface area contributed by atoms with Crippen LogP contribution in [0, 0.1) is 0 Å². The maximum atomic E-state index is 11.6. The number of hydrogen-bond donors (Lipinski definition) is 2. The van der Waals surface area contributed by atoms with Crippen molar-refractivity contribution in [1.29, 1.82) is 0 Å². The van der Waals surface area contributed by atoms with Gasteiger partial charge in [0.2, 0.25) is 11.8 Å². The lowest BCUT2D eigenvalue weighted by atomic mass is 10.3. The molecule has 5 nitrogen and oxygen atoms in total. The summed E-state index contributed by atoms with van der Waals surface area (Å²) in [5, 5.41) is 2.61. The average molecular weight is 232 g/mol. The minimum atomic E-state index is -0.145. The number of morpholine rings is 1. The first-order valence-corrected chi connectivity index (χ1v) is 5.60. The molecule has 1 N–H and O–H groups in total. The van der Waals surface area contributed by atoms with Crippen LogP contribution < -0.4 is 5.32 Å². The van der Waals surface area contributed by atoms with Crippen LogP contribution in [-0.2, 0) is 14.3 Å². The summed E-state index contributed by atoms with van der Waals surface area (Å²) in [5.41, 5.74) is 0. The Morgan fingerprint density at radius 2 is 2.00 bits per heavy atom. The van der Waals surface area contributed by atoms with Gasteiger partial charge in [-0.25, -0.2) is 0 Å². The molecule has 1 heterocycles. The quantitative estimate of drug-likeness (QED) is 0.629. The summed E-state index contributed by atoms with van der Waals surface area (Å²) in [7, 11) is 0. The first kappa shape index (κ1) is 12.3. The SMILES string of the molecule is O=C(CS)NCCC(=O)N1CCOCC1. The van der Waals surface area contributed by atoms with E-state index in [0.29, 0.717) is 39.3 Å². The van der Waals surface area contributed by atoms with Gasteiger partial charge in [0, 0.05) is 26.1 Å². The average Bonchev–Trinajstić information content (AvgIpc) is 2.29. The summed E-state index contributed by atoms with van der Waals surface area (Å²) in [6.07, 6.45) is 0.347. The summed E-state index contributed by atoms with van der Waals surface area (Å²) in [6, 6.07) is 0. The van der Waals surface area contributed by atoms with Crippen LogP contribution in [0.5, 0.6) is 0 Å². The van der Waals surface area contributed by atoms with Gasteiger partial charge < -0.3 is 15.0 Å². The number of amides is 2. The Hall–Kier alpha value is -0.750. The molecule has 0 bridgehead atoms. The Labute approximate surface area is 94.6 Å². The van der Waals surface area contributed by atoms with Crippen LogP contribution >= 0.6 is 12.6 Å². The second-order valence-electron chi connectivity index (χ2n) is 3.25. The fourth-order valence-electron chi connectivity index (χ4n) is 1.34. The van der Waals surface area contributed by atoms with Gasteiger partial charge in [-0.15, -0.1) is 0 Å². The van der Waals surface area contributed by atoms with Gasteiger partial charge in [0.1, 0.15) is 0 Å². The lowest BCUT2D eigenvalue weighted by Gasteiger charge is -2.26. The number of ether oxygens (including phenoxy) is 1. The number of rotatable bonds is 4. The van der Waals surface area contributed by atoms with Gasteiger partial charge in [0.05, 0.1) is 19.0 Å². The van der Waals surface area contributed by atoms with Gasteiger partial charge in [-0.2, -0.15) is 12.6 Å². The van der Waals surface area contributed by atoms with Crippen molar-refractivity contribution < 1.29 is 14.3 Å². The van der Waals surface area contributed by atoms with Crippen LogP contribution in [0.4, 0.5) is 0 Å². The van der Waals surface area contributed by atoms with Gasteiger partial charge >= 0.3 is 0 Å². The third kappa shape index (κ3) is 4.53. The second kappa shape index (κ2) is 6.68. The van der Waals surface area contributed by atoms with Gasteiger partial charge in [0.15, 0.2) is 0 Å². The van der Waals surface area contributed by atoms with Crippen molar-refractivity contribution in [2.24, 2.45) is 0 Å². The molecule has 0 aromatic carbocycles. The highest BCUT2D eigenvalue weighted by atomic mass is 32.1. The topological polar surface area (TPSA) is 58.6 Å². The Morgan fingerprint density at radius 1 is 1.33 bits per heavy atom. The summed E-state index contributed by atoms with van der Waals surface area (Å²) in [5.74, 6) is 0.0806. The summed E-state index contributed by atoms with van der Waals surface area (Å²) >= 11 is 3.82. The van der Waals surface area contributed by atoms with Gasteiger partial charge in [0.25, 0.3) is 0 Å². The van der Waals surface area contributed by atoms with Crippen LogP contribution in [0.15, 0.2) is 0 Å². The Bertz CT molecular complexity index is 229. The molecule has 1 aliphatic rings. The molecule has 0 radical (unpaired) electrons. The van der Waals surface area contributed by atoms with Crippen LogP contribution in [-0.4, -0.2) is 55.3 Å². The molecule has 1 fully saturated rings. The highest BCUT2D eigenvalue weighted by Crippen LogP contribution is 1.99. The molecule has 0 saturated carbocycles. The van der Waals surface area contributed by atoms with E-state index in [1.165, 1.54) is 0 Å². The molecule has 1 rings (SSSR count). The van der Waals surface area contributed by atoms with E-state index in [1.54, 1.807) is 4.90 Å². The minimum Gasteiger partial charge on any atom is -0.378 e. The van der Waals surface area contributed by atoms with Gasteiger partial charge in [-0.1, -0.05) is 0 Å². The largest absolute Gasteiger partial charge is 0.378 e. The Kier molecular flexibility index (Phi) is 5.49. The van der Waals surface area contributed by atoms with Crippen LogP contribution in [0.25, 0.3) is 0 Å². The van der Waals surface area contributed by atoms with E-state index in [1.807, 2.05) is 0 Å². The molecule has 1 aliphatic heterocycles. The Morgan fingerprint density at radius 3 is 2.60 bits per heavy atom. The zero-order valence-electron chi connectivity index (χ0n) is 8.57. The maximum absolute atomic E-state index is 11.6. The van der Waals surface area contributed by atoms with E-state index < -0.39 is 0 Å². The van der Waals surface area contributed by atoms with E-state index in [9.17, 15) is 9.59 Å². The van der Waals surface area contributed by atoms with Crippen LogP contribution in [0.2, 0.25) is 0 Å². The lowest BCUT2D eigenvalue weighted by molar-refractivity contribution is -0.135. The minimum absolute atomic E-state index is 0.0674. The zero-order valence-corrected chi connectivity index (χ0v) is 9.46. The lowest BCUT2D eigenvalue weighted by Crippen LogP contribution is -2.42. The van der Waals surface area contributed by atoms with Crippen molar-refractivity contribution in [3.63, 3.8) is 0 Å². The zero-order chi connectivity index (χ0) is 11.1. The van der Waals surface area contributed by atoms with E-state index in [-0.39, 0.29) is 17.6 Å². The van der Waals surface area contributed by atoms with Crippen molar-refractivity contribution in [2.75, 3.05) is 38.6 Å². The first-order valence-electron chi connectivity index (χ1n) is 4.97. The van der Waals surface area contributed by atoms with Crippen LogP contribution in [0.3, 0.4) is 0 Å². The van der Waals surface area contributed by atoms with Crippen molar-refractivity contribution in [2.45, 2.75) is 6.42 Å². The Balaban J connectivity index is 2.14. The molecule has 0 aliphatic carbocycles. The van der Waals surface area contributed by atoms with E-state index in [0.717, 1.165) is 0 Å². The number of nitrogens with one attached hydrogen (secondary N) is 1. The van der Waals surface area contributed by atoms with E-state index in [4.69, 9.17) is 4.74 Å². The number of nitrogens with zero attached hydrogens (tertiary/aromatic N) is 1. The second-order valence-corrected chi connectivity index (χ2v) is 3.57. The number of thiol groups is 1. The molecular weight excluding hydrogens is 216 g/mol. The van der Waals surface area contributed by atoms with E-state index >= 15 is 0 Å². The molecule has 0 aromatic heterocycles. The number of carbonyl (C=O) groups excluding carboxylic acids is 2. The summed E-state index contributed by atoms with van der Waals surface area (Å²) in [4.78, 5) is 24.2. The van der Waals surface area contributed by atoms with Gasteiger partial charge in [-0.05, 0) is 0 Å². The molecule has 86 valence electrons. The molecule has 2 amide bonds. The number of hydrogen-bond acceptors (Lipinski definition) is 4. The summed E-state index contributed by atoms with van der Waals surface area (Å²) in [6.45, 7) is 2.90. The predicted molar refractivity (Wildman–Crippen MR) is 58.9 cm³/mol. The molecule has 0 atom stereocenters. The van der Waals surface area contributed by atoms with Crippen LogP contribution in [0.1, 0.15) is 6.42 Å². The monoisotopic (exact) mass is 232 g/mol. The normalized spacial score (nSPS) is 16.2. The molecule has 15 heavy (non-hydrogen) atoms. The molecule has 0 aromatic rings. The van der Waals surface area contributed by atoms with Crippen molar-refractivity contribution >= 4 is 24.4 Å². The fourth-order valence-corrected chi connectivity index (χ4v) is 1.45. The van der Waals surface area contributed by atoms with Crippen molar-refractivity contribution in [3.8, 4) is 0 Å². The van der Waals surface area contributed by atoms with Crippen molar-refractivity contribution in [3.05, 3.63) is 0 Å². The third-order valence-electron chi connectivity index (χ3n) is 2.17. The number of carbonyl (C=O) groups is 2. The highest BCUT2D eigenvalue weighted by molar-refractivity contribution is 7.81. The highest BCUT2D eigenvalue weighted by Gasteiger charge is 2.16. The van der Waals surface area contributed by atoms with Gasteiger partial charge in [-0.3, -0.25) is 9.59 Å². The first-order chi connectivity index (χ1) is 7.24. The maximum Gasteiger partial charge on any atom is 0.229 e. The fraction of sp³-hybridized carbons (Fsp3) is 0.778. The molecule has 6 heteroatoms. The summed E-state index contributed by atoms with van der Waals surface area (Å²) < 4.78 is 5.14. The third-order valence-corrected chi connectivity index (χ3v) is 2.46. The molecular formula is C9H16N2O3S. The van der Waals surface area contributed by atoms with Crippen molar-refractivity contribution in [1.82, 2.24) is 10.2 Å². The standard InChI is InChI=1S/C9H16N2O3S/c12-8(7-15)10-2-1-9(13)11-3-5-14-6-4-11/h15H,1-7H2,(H,10,12). The molecule has 0 unspecified atom stereocenters. The molecule has 0 spiro atoms. The smallest absolute Gasteiger partial charge is 0.229 e. The predicted octanol–water partition coefficient (Wildman–Crippen LogP) is -0.719. The molecule has 1 saturated heterocycles.